The maximum atomic E-state index is 6.23. The second-order valence-electron chi connectivity index (χ2n) is 5.96. The maximum absolute atomic E-state index is 6.23. The molecule has 0 aromatic rings. The van der Waals surface area contributed by atoms with Crippen molar-refractivity contribution >= 4 is 0 Å². The van der Waals surface area contributed by atoms with E-state index in [2.05, 4.69) is 6.92 Å². The molecular weight excluding hydrogens is 222 g/mol. The van der Waals surface area contributed by atoms with Gasteiger partial charge in [0, 0.05) is 19.3 Å². The minimum Gasteiger partial charge on any atom is -0.381 e. The molecular formula is C16H33NO. The van der Waals surface area contributed by atoms with Crippen LogP contribution in [0.5, 0.6) is 0 Å². The third kappa shape index (κ3) is 8.10. The molecule has 0 radical (unpaired) electrons. The molecule has 0 aromatic heterocycles. The van der Waals surface area contributed by atoms with E-state index in [1.807, 2.05) is 0 Å². The average Bonchev–Trinajstić information content (AvgIpc) is 2.39. The second-order valence-corrected chi connectivity index (χ2v) is 5.96. The number of nitrogens with two attached hydrogens (primary N) is 1. The van der Waals surface area contributed by atoms with Gasteiger partial charge in [0.1, 0.15) is 0 Å². The fourth-order valence-electron chi connectivity index (χ4n) is 2.89. The van der Waals surface area contributed by atoms with Gasteiger partial charge in [-0.2, -0.15) is 0 Å². The number of unbranched alkanes of at least 4 members (excludes halogenated alkanes) is 6. The van der Waals surface area contributed by atoms with Crippen molar-refractivity contribution in [3.63, 3.8) is 0 Å². The molecule has 0 bridgehead atoms. The molecule has 2 nitrogen and oxygen atoms in total. The molecule has 1 fully saturated rings. The molecule has 108 valence electrons. The van der Waals surface area contributed by atoms with E-state index in [0.29, 0.717) is 6.04 Å². The van der Waals surface area contributed by atoms with E-state index >= 15 is 0 Å². The number of hydrogen-bond donors (Lipinski definition) is 1. The molecule has 1 unspecified atom stereocenters. The van der Waals surface area contributed by atoms with Crippen molar-refractivity contribution in [1.82, 2.24) is 0 Å². The van der Waals surface area contributed by atoms with Crippen molar-refractivity contribution < 1.29 is 4.74 Å². The van der Waals surface area contributed by atoms with Crippen LogP contribution in [0, 0.1) is 5.92 Å². The molecule has 1 atom stereocenters. The fraction of sp³-hybridized carbons (Fsp3) is 1.00. The Morgan fingerprint density at radius 3 is 2.28 bits per heavy atom. The summed E-state index contributed by atoms with van der Waals surface area (Å²) in [7, 11) is 0. The first-order valence-corrected chi connectivity index (χ1v) is 8.16. The fourth-order valence-corrected chi connectivity index (χ4v) is 2.89. The first-order valence-electron chi connectivity index (χ1n) is 8.16. The van der Waals surface area contributed by atoms with Crippen LogP contribution >= 0.6 is 0 Å². The van der Waals surface area contributed by atoms with Gasteiger partial charge >= 0.3 is 0 Å². The summed E-state index contributed by atoms with van der Waals surface area (Å²) >= 11 is 0. The van der Waals surface area contributed by atoms with Crippen LogP contribution in [0.1, 0.15) is 77.6 Å². The van der Waals surface area contributed by atoms with Gasteiger partial charge in [-0.25, -0.2) is 0 Å². The van der Waals surface area contributed by atoms with Crippen LogP contribution in [0.3, 0.4) is 0 Å². The molecule has 2 heteroatoms. The molecule has 0 saturated carbocycles. The summed E-state index contributed by atoms with van der Waals surface area (Å²) in [6, 6.07) is 0.434. The van der Waals surface area contributed by atoms with E-state index in [0.717, 1.165) is 19.1 Å². The number of ether oxygens (including phenoxy) is 1. The van der Waals surface area contributed by atoms with Crippen molar-refractivity contribution in [2.75, 3.05) is 13.2 Å². The van der Waals surface area contributed by atoms with Gasteiger partial charge in [0.2, 0.25) is 0 Å². The highest BCUT2D eigenvalue weighted by Crippen LogP contribution is 2.21. The van der Waals surface area contributed by atoms with Gasteiger partial charge in [-0.3, -0.25) is 0 Å². The molecule has 0 spiro atoms. The van der Waals surface area contributed by atoms with Gasteiger partial charge in [0.15, 0.2) is 0 Å². The Bertz CT molecular complexity index is 178. The summed E-state index contributed by atoms with van der Waals surface area (Å²) in [5.41, 5.74) is 6.23. The molecule has 18 heavy (non-hydrogen) atoms. The van der Waals surface area contributed by atoms with Crippen LogP contribution < -0.4 is 5.73 Å². The van der Waals surface area contributed by atoms with E-state index in [4.69, 9.17) is 10.5 Å². The third-order valence-electron chi connectivity index (χ3n) is 4.16. The highest BCUT2D eigenvalue weighted by atomic mass is 16.5. The highest BCUT2D eigenvalue weighted by molar-refractivity contribution is 4.71. The monoisotopic (exact) mass is 255 g/mol. The molecule has 1 saturated heterocycles. The lowest BCUT2D eigenvalue weighted by Gasteiger charge is -2.24. The Morgan fingerprint density at radius 2 is 1.61 bits per heavy atom. The topological polar surface area (TPSA) is 35.2 Å². The lowest BCUT2D eigenvalue weighted by atomic mass is 9.91. The van der Waals surface area contributed by atoms with Crippen LogP contribution in [0.15, 0.2) is 0 Å². The molecule has 1 aliphatic rings. The van der Waals surface area contributed by atoms with Crippen molar-refractivity contribution in [2.24, 2.45) is 11.7 Å². The lowest BCUT2D eigenvalue weighted by Crippen LogP contribution is -2.26. The lowest BCUT2D eigenvalue weighted by molar-refractivity contribution is 0.0615. The SMILES string of the molecule is CCCCCCCCCC(N)CC1CCOCC1. The molecule has 1 aliphatic heterocycles. The average molecular weight is 255 g/mol. The Morgan fingerprint density at radius 1 is 1.00 bits per heavy atom. The van der Waals surface area contributed by atoms with Gasteiger partial charge in [0.05, 0.1) is 0 Å². The van der Waals surface area contributed by atoms with Crippen LogP contribution in [0.2, 0.25) is 0 Å². The third-order valence-corrected chi connectivity index (χ3v) is 4.16. The van der Waals surface area contributed by atoms with Gasteiger partial charge in [-0.15, -0.1) is 0 Å². The smallest absolute Gasteiger partial charge is 0.0468 e. The molecule has 1 rings (SSSR count). The van der Waals surface area contributed by atoms with E-state index < -0.39 is 0 Å². The first-order chi connectivity index (χ1) is 8.83. The van der Waals surface area contributed by atoms with Crippen molar-refractivity contribution in [3.05, 3.63) is 0 Å². The Hall–Kier alpha value is -0.0800. The molecule has 0 aromatic carbocycles. The number of hydrogen-bond acceptors (Lipinski definition) is 2. The van der Waals surface area contributed by atoms with E-state index in [9.17, 15) is 0 Å². The quantitative estimate of drug-likeness (QED) is 0.592. The van der Waals surface area contributed by atoms with Gasteiger partial charge in [-0.1, -0.05) is 51.9 Å². The number of rotatable bonds is 10. The van der Waals surface area contributed by atoms with Crippen LogP contribution in [0.4, 0.5) is 0 Å². The van der Waals surface area contributed by atoms with Crippen LogP contribution in [-0.4, -0.2) is 19.3 Å². The Balaban J connectivity index is 1.88. The summed E-state index contributed by atoms with van der Waals surface area (Å²) in [4.78, 5) is 0. The zero-order valence-electron chi connectivity index (χ0n) is 12.3. The maximum Gasteiger partial charge on any atom is 0.0468 e. The van der Waals surface area contributed by atoms with E-state index in [1.165, 1.54) is 70.6 Å². The summed E-state index contributed by atoms with van der Waals surface area (Å²) < 4.78 is 5.39. The van der Waals surface area contributed by atoms with Crippen LogP contribution in [-0.2, 0) is 4.74 Å². The minimum absolute atomic E-state index is 0.434. The Labute approximate surface area is 114 Å². The zero-order valence-corrected chi connectivity index (χ0v) is 12.3. The first kappa shape index (κ1) is 16.0. The molecule has 1 heterocycles. The second kappa shape index (κ2) is 10.8. The normalized spacial score (nSPS) is 19.0. The van der Waals surface area contributed by atoms with Crippen molar-refractivity contribution in [1.29, 1.82) is 0 Å². The zero-order chi connectivity index (χ0) is 13.1. The van der Waals surface area contributed by atoms with Gasteiger partial charge < -0.3 is 10.5 Å². The largest absolute Gasteiger partial charge is 0.381 e. The van der Waals surface area contributed by atoms with Crippen molar-refractivity contribution in [2.45, 2.75) is 83.6 Å². The summed E-state index contributed by atoms with van der Waals surface area (Å²) in [6.45, 7) is 4.18. The minimum atomic E-state index is 0.434. The van der Waals surface area contributed by atoms with E-state index in [1.54, 1.807) is 0 Å². The van der Waals surface area contributed by atoms with Crippen LogP contribution in [0.25, 0.3) is 0 Å². The van der Waals surface area contributed by atoms with E-state index in [-0.39, 0.29) is 0 Å². The Kier molecular flexibility index (Phi) is 9.59. The summed E-state index contributed by atoms with van der Waals surface area (Å²) in [6.07, 6.45) is 14.6. The summed E-state index contributed by atoms with van der Waals surface area (Å²) in [5, 5.41) is 0. The molecule has 0 amide bonds. The van der Waals surface area contributed by atoms with Gasteiger partial charge in [-0.05, 0) is 31.6 Å². The standard InChI is InChI=1S/C16H33NO/c1-2-3-4-5-6-7-8-9-16(17)14-15-10-12-18-13-11-15/h15-16H,2-14,17H2,1H3. The molecule has 0 aliphatic carbocycles. The van der Waals surface area contributed by atoms with Crippen molar-refractivity contribution in [3.8, 4) is 0 Å². The summed E-state index contributed by atoms with van der Waals surface area (Å²) in [5.74, 6) is 0.832. The molecule has 2 N–H and O–H groups in total. The predicted molar refractivity (Wildman–Crippen MR) is 78.7 cm³/mol. The highest BCUT2D eigenvalue weighted by Gasteiger charge is 2.16. The predicted octanol–water partition coefficient (Wildman–Crippen LogP) is 4.27. The van der Waals surface area contributed by atoms with Gasteiger partial charge in [0.25, 0.3) is 0 Å².